The Morgan fingerprint density at radius 1 is 1.39 bits per heavy atom. The lowest BCUT2D eigenvalue weighted by atomic mass is 10.2. The van der Waals surface area contributed by atoms with E-state index < -0.39 is 5.97 Å². The first-order valence-corrected chi connectivity index (χ1v) is 6.30. The molecule has 0 aromatic heterocycles. The first-order chi connectivity index (χ1) is 8.63. The Labute approximate surface area is 107 Å². The van der Waals surface area contributed by atoms with Crippen LogP contribution in [0.15, 0.2) is 24.3 Å². The molecule has 0 bridgehead atoms. The Morgan fingerprint density at radius 2 is 2.06 bits per heavy atom. The van der Waals surface area contributed by atoms with E-state index in [0.29, 0.717) is 12.1 Å². The number of esters is 1. The van der Waals surface area contributed by atoms with Crippen molar-refractivity contribution in [2.75, 3.05) is 13.1 Å². The molecule has 3 nitrogen and oxygen atoms in total. The minimum absolute atomic E-state index is 0.195. The summed E-state index contributed by atoms with van der Waals surface area (Å²) in [5.41, 5.74) is 0.372. The Hall–Kier alpha value is -1.42. The van der Waals surface area contributed by atoms with E-state index >= 15 is 0 Å². The maximum atomic E-state index is 12.7. The van der Waals surface area contributed by atoms with Gasteiger partial charge in [-0.3, -0.25) is 0 Å². The monoisotopic (exact) mass is 253 g/mol. The van der Waals surface area contributed by atoms with Crippen LogP contribution in [0, 0.1) is 5.82 Å². The molecular weight excluding hydrogens is 233 g/mol. The van der Waals surface area contributed by atoms with Gasteiger partial charge in [-0.25, -0.2) is 9.18 Å². The Morgan fingerprint density at radius 3 is 2.67 bits per heavy atom. The van der Waals surface area contributed by atoms with E-state index in [1.807, 2.05) is 6.92 Å². The molecule has 18 heavy (non-hydrogen) atoms. The summed E-state index contributed by atoms with van der Waals surface area (Å²) in [7, 11) is 0. The molecule has 0 fully saturated rings. The van der Waals surface area contributed by atoms with Crippen molar-refractivity contribution >= 4 is 5.97 Å². The molecule has 0 saturated heterocycles. The number of hydrogen-bond donors (Lipinski definition) is 1. The van der Waals surface area contributed by atoms with Crippen molar-refractivity contribution in [3.05, 3.63) is 35.6 Å². The van der Waals surface area contributed by atoms with Crippen LogP contribution in [0.2, 0.25) is 0 Å². The maximum Gasteiger partial charge on any atom is 0.338 e. The van der Waals surface area contributed by atoms with Gasteiger partial charge in [-0.2, -0.15) is 0 Å². The highest BCUT2D eigenvalue weighted by molar-refractivity contribution is 5.89. The maximum absolute atomic E-state index is 12.7. The molecule has 1 unspecified atom stereocenters. The van der Waals surface area contributed by atoms with Crippen molar-refractivity contribution in [3.8, 4) is 0 Å². The number of carbonyl (C=O) groups excluding carboxylic acids is 1. The van der Waals surface area contributed by atoms with Gasteiger partial charge in [0.05, 0.1) is 5.56 Å². The quantitative estimate of drug-likeness (QED) is 0.600. The molecule has 1 aromatic rings. The average Bonchev–Trinajstić information content (AvgIpc) is 2.35. The summed E-state index contributed by atoms with van der Waals surface area (Å²) in [6.45, 7) is 5.52. The molecule has 0 radical (unpaired) electrons. The van der Waals surface area contributed by atoms with Gasteiger partial charge in [0.2, 0.25) is 0 Å². The van der Waals surface area contributed by atoms with Gasteiger partial charge in [-0.05, 0) is 44.2 Å². The first-order valence-electron chi connectivity index (χ1n) is 6.30. The summed E-state index contributed by atoms with van der Waals surface area (Å²) in [4.78, 5) is 11.7. The van der Waals surface area contributed by atoms with Crippen molar-refractivity contribution in [3.63, 3.8) is 0 Å². The van der Waals surface area contributed by atoms with Crippen LogP contribution in [0.25, 0.3) is 0 Å². The number of nitrogens with one attached hydrogen (secondary N) is 1. The number of halogens is 1. The minimum Gasteiger partial charge on any atom is -0.458 e. The second-order valence-corrected chi connectivity index (χ2v) is 4.28. The number of carbonyl (C=O) groups is 1. The molecule has 100 valence electrons. The van der Waals surface area contributed by atoms with Crippen molar-refractivity contribution < 1.29 is 13.9 Å². The van der Waals surface area contributed by atoms with Gasteiger partial charge in [-0.1, -0.05) is 13.3 Å². The van der Waals surface area contributed by atoms with Crippen LogP contribution in [0.1, 0.15) is 37.0 Å². The van der Waals surface area contributed by atoms with Crippen LogP contribution in [0.3, 0.4) is 0 Å². The number of unbranched alkanes of at least 4 members (excludes halogenated alkanes) is 1. The number of ether oxygens (including phenoxy) is 1. The van der Waals surface area contributed by atoms with Crippen LogP contribution < -0.4 is 5.32 Å². The molecule has 1 aromatic carbocycles. The van der Waals surface area contributed by atoms with Gasteiger partial charge in [0, 0.05) is 6.54 Å². The second-order valence-electron chi connectivity index (χ2n) is 4.28. The molecule has 1 atom stereocenters. The Kier molecular flexibility index (Phi) is 6.36. The van der Waals surface area contributed by atoms with E-state index in [1.54, 1.807) is 0 Å². The van der Waals surface area contributed by atoms with E-state index in [9.17, 15) is 9.18 Å². The van der Waals surface area contributed by atoms with Crippen molar-refractivity contribution in [1.29, 1.82) is 0 Å². The molecule has 1 N–H and O–H groups in total. The summed E-state index contributed by atoms with van der Waals surface area (Å²) in [5, 5.41) is 3.21. The SMILES string of the molecule is CCCCNCC(C)OC(=O)c1ccc(F)cc1. The lowest BCUT2D eigenvalue weighted by Gasteiger charge is -2.14. The summed E-state index contributed by atoms with van der Waals surface area (Å²) in [5.74, 6) is -0.777. The Bertz CT molecular complexity index is 365. The fourth-order valence-corrected chi connectivity index (χ4v) is 1.49. The molecule has 0 heterocycles. The van der Waals surface area contributed by atoms with Crippen LogP contribution in [-0.2, 0) is 4.74 Å². The first kappa shape index (κ1) is 14.6. The zero-order valence-electron chi connectivity index (χ0n) is 10.9. The lowest BCUT2D eigenvalue weighted by molar-refractivity contribution is 0.0342. The summed E-state index contributed by atoms with van der Waals surface area (Å²) >= 11 is 0. The highest BCUT2D eigenvalue weighted by atomic mass is 19.1. The smallest absolute Gasteiger partial charge is 0.338 e. The van der Waals surface area contributed by atoms with Gasteiger partial charge in [-0.15, -0.1) is 0 Å². The van der Waals surface area contributed by atoms with Gasteiger partial charge < -0.3 is 10.1 Å². The number of benzene rings is 1. The van der Waals surface area contributed by atoms with Crippen molar-refractivity contribution in [2.45, 2.75) is 32.8 Å². The number of hydrogen-bond acceptors (Lipinski definition) is 3. The van der Waals surface area contributed by atoms with E-state index in [1.165, 1.54) is 24.3 Å². The molecular formula is C14H20FNO2. The molecule has 0 amide bonds. The topological polar surface area (TPSA) is 38.3 Å². The standard InChI is InChI=1S/C14H20FNO2/c1-3-4-9-16-10-11(2)18-14(17)12-5-7-13(15)8-6-12/h5-8,11,16H,3-4,9-10H2,1-2H3. The van der Waals surface area contributed by atoms with E-state index in [2.05, 4.69) is 12.2 Å². The molecule has 4 heteroatoms. The van der Waals surface area contributed by atoms with E-state index in [-0.39, 0.29) is 11.9 Å². The Balaban J connectivity index is 2.33. The van der Waals surface area contributed by atoms with E-state index in [0.717, 1.165) is 19.4 Å². The molecule has 1 rings (SSSR count). The fraction of sp³-hybridized carbons (Fsp3) is 0.500. The summed E-state index contributed by atoms with van der Waals surface area (Å²) < 4.78 is 17.9. The fourth-order valence-electron chi connectivity index (χ4n) is 1.49. The van der Waals surface area contributed by atoms with Crippen LogP contribution in [0.4, 0.5) is 4.39 Å². The normalized spacial score (nSPS) is 12.2. The molecule has 0 aliphatic carbocycles. The van der Waals surface area contributed by atoms with Crippen LogP contribution in [-0.4, -0.2) is 25.2 Å². The van der Waals surface area contributed by atoms with Crippen LogP contribution in [0.5, 0.6) is 0 Å². The van der Waals surface area contributed by atoms with Crippen molar-refractivity contribution in [2.24, 2.45) is 0 Å². The summed E-state index contributed by atoms with van der Waals surface area (Å²) in [6.07, 6.45) is 2.05. The van der Waals surface area contributed by atoms with Gasteiger partial charge >= 0.3 is 5.97 Å². The van der Waals surface area contributed by atoms with Crippen LogP contribution >= 0.6 is 0 Å². The predicted octanol–water partition coefficient (Wildman–Crippen LogP) is 2.76. The average molecular weight is 253 g/mol. The third-order valence-electron chi connectivity index (χ3n) is 2.53. The van der Waals surface area contributed by atoms with Gasteiger partial charge in [0.25, 0.3) is 0 Å². The molecule has 0 aliphatic heterocycles. The molecule has 0 saturated carbocycles. The van der Waals surface area contributed by atoms with Crippen molar-refractivity contribution in [1.82, 2.24) is 5.32 Å². The van der Waals surface area contributed by atoms with Gasteiger partial charge in [0.1, 0.15) is 11.9 Å². The highest BCUT2D eigenvalue weighted by Gasteiger charge is 2.11. The lowest BCUT2D eigenvalue weighted by Crippen LogP contribution is -2.29. The minimum atomic E-state index is -0.417. The predicted molar refractivity (Wildman–Crippen MR) is 69.1 cm³/mol. The largest absolute Gasteiger partial charge is 0.458 e. The highest BCUT2D eigenvalue weighted by Crippen LogP contribution is 2.06. The summed E-state index contributed by atoms with van der Waals surface area (Å²) in [6, 6.07) is 5.35. The number of rotatable bonds is 7. The third-order valence-corrected chi connectivity index (χ3v) is 2.53. The second kappa shape index (κ2) is 7.82. The zero-order chi connectivity index (χ0) is 13.4. The third kappa shape index (κ3) is 5.27. The van der Waals surface area contributed by atoms with Gasteiger partial charge in [0.15, 0.2) is 0 Å². The van der Waals surface area contributed by atoms with E-state index in [4.69, 9.17) is 4.74 Å². The zero-order valence-corrected chi connectivity index (χ0v) is 10.9. The molecule has 0 aliphatic rings. The molecule has 0 spiro atoms.